The Hall–Kier alpha value is -8.52. The lowest BCUT2D eigenvalue weighted by Crippen LogP contribution is -2.09. The molecule has 0 heterocycles. The van der Waals surface area contributed by atoms with Gasteiger partial charge in [0.05, 0.1) is 13.1 Å². The van der Waals surface area contributed by atoms with E-state index in [0.717, 1.165) is 50.4 Å². The normalized spacial score (nSPS) is 11.9. The number of nitrogens with zero attached hydrogens (tertiary/aromatic N) is 3. The smallest absolute Gasteiger partial charge is 0.333 e. The Bertz CT molecular complexity index is 2580. The molecule has 0 aliphatic carbocycles. The Balaban J connectivity index is 1.22. The molecule has 6 rings (SSSR count). The second-order valence-electron chi connectivity index (χ2n) is 13.6. The molecule has 0 saturated carbocycles. The highest BCUT2D eigenvalue weighted by Gasteiger charge is 2.13. The van der Waals surface area contributed by atoms with Crippen molar-refractivity contribution in [1.82, 2.24) is 0 Å². The minimum atomic E-state index is -1.25. The fraction of sp³-hybridized carbons (Fsp3) is 0.0189. The maximum absolute atomic E-state index is 11.2. The molecule has 2 N–H and O–H groups in total. The maximum Gasteiger partial charge on any atom is 0.333 e. The van der Waals surface area contributed by atoms with Crippen molar-refractivity contribution in [3.63, 3.8) is 0 Å². The van der Waals surface area contributed by atoms with Crippen LogP contribution in [0.15, 0.2) is 169 Å². The van der Waals surface area contributed by atoms with Crippen LogP contribution in [0, 0.1) is 20.1 Å². The number of allylic oxidation sites excluding steroid dienone is 2. The van der Waals surface area contributed by atoms with E-state index in [9.17, 15) is 9.59 Å². The molecule has 0 unspecified atom stereocenters. The van der Waals surface area contributed by atoms with Crippen molar-refractivity contribution < 1.29 is 19.8 Å². The van der Waals surface area contributed by atoms with Crippen LogP contribution in [-0.2, 0) is 9.59 Å². The molecule has 0 fully saturated rings. The van der Waals surface area contributed by atoms with E-state index >= 15 is 0 Å². The first-order chi connectivity index (χ1) is 29.2. The van der Waals surface area contributed by atoms with Gasteiger partial charge in [-0.2, -0.15) is 0 Å². The van der Waals surface area contributed by atoms with Crippen molar-refractivity contribution in [1.29, 1.82) is 0 Å². The van der Waals surface area contributed by atoms with Crippen molar-refractivity contribution in [2.45, 2.75) is 6.92 Å². The van der Waals surface area contributed by atoms with Crippen LogP contribution in [0.3, 0.4) is 0 Å². The highest BCUT2D eigenvalue weighted by Crippen LogP contribution is 2.35. The highest BCUT2D eigenvalue weighted by molar-refractivity contribution is 5.95. The van der Waals surface area contributed by atoms with Crippen molar-refractivity contribution in [3.05, 3.63) is 242 Å². The van der Waals surface area contributed by atoms with E-state index in [4.69, 9.17) is 23.4 Å². The van der Waals surface area contributed by atoms with Crippen LogP contribution in [0.1, 0.15) is 50.1 Å². The van der Waals surface area contributed by atoms with Crippen molar-refractivity contribution in [2.24, 2.45) is 0 Å². The van der Waals surface area contributed by atoms with Gasteiger partial charge in [0.1, 0.15) is 0 Å². The fourth-order valence-corrected chi connectivity index (χ4v) is 6.05. The van der Waals surface area contributed by atoms with Gasteiger partial charge in [0, 0.05) is 17.1 Å². The van der Waals surface area contributed by atoms with Crippen LogP contribution >= 0.6 is 0 Å². The second kappa shape index (κ2) is 20.1. The number of carboxylic acids is 2. The third kappa shape index (κ3) is 11.5. The number of carbonyl (C=O) groups is 2. The SMILES string of the molecule is [C-]#[N+]/C(=C\c1ccc(/C=C/c2ccc(N(c3ccc(/C=C/C=C/c4ccc(C)cc4)cc3)c3ccc(/C=C/c4ccc(/C=C(\[N+]#[C-])C(=O)O)cc4)cc3)cc2)cc1)C(=O)O. The molecule has 0 atom stereocenters. The van der Waals surface area contributed by atoms with Gasteiger partial charge in [0.2, 0.25) is 0 Å². The Kier molecular flexibility index (Phi) is 13.8. The summed E-state index contributed by atoms with van der Waals surface area (Å²) in [6.45, 7) is 16.2. The molecule has 6 aromatic rings. The summed E-state index contributed by atoms with van der Waals surface area (Å²) in [6.07, 6.45) is 19.0. The largest absolute Gasteiger partial charge is 0.486 e. The van der Waals surface area contributed by atoms with Gasteiger partial charge in [-0.15, -0.1) is 0 Å². The van der Waals surface area contributed by atoms with Gasteiger partial charge in [0.15, 0.2) is 0 Å². The van der Waals surface area contributed by atoms with Gasteiger partial charge in [-0.3, -0.25) is 9.59 Å². The molecule has 0 saturated heterocycles. The average molecular weight is 782 g/mol. The van der Waals surface area contributed by atoms with E-state index < -0.39 is 11.9 Å². The predicted octanol–water partition coefficient (Wildman–Crippen LogP) is 13.2. The van der Waals surface area contributed by atoms with Crippen LogP contribution in [0.2, 0.25) is 0 Å². The molecule has 0 spiro atoms. The van der Waals surface area contributed by atoms with Gasteiger partial charge in [-0.1, -0.05) is 163 Å². The summed E-state index contributed by atoms with van der Waals surface area (Å²) in [4.78, 5) is 30.7. The highest BCUT2D eigenvalue weighted by atomic mass is 16.4. The van der Waals surface area contributed by atoms with Gasteiger partial charge in [-0.25, -0.2) is 9.69 Å². The summed E-state index contributed by atoms with van der Waals surface area (Å²) in [6, 6.07) is 48.1. The van der Waals surface area contributed by atoms with Crippen molar-refractivity contribution in [2.75, 3.05) is 4.90 Å². The number of rotatable bonds is 14. The topological polar surface area (TPSA) is 86.6 Å². The number of carboxylic acid groups (broad SMARTS) is 2. The van der Waals surface area contributed by atoms with Crippen LogP contribution in [-0.4, -0.2) is 22.2 Å². The third-order valence-electron chi connectivity index (χ3n) is 9.31. The molecule has 0 aliphatic rings. The summed E-state index contributed by atoms with van der Waals surface area (Å²) in [5.74, 6) is -2.50. The molecule has 0 aliphatic heterocycles. The first kappa shape index (κ1) is 41.1. The van der Waals surface area contributed by atoms with Crippen LogP contribution in [0.5, 0.6) is 0 Å². The maximum atomic E-state index is 11.2. The van der Waals surface area contributed by atoms with E-state index in [1.807, 2.05) is 60.7 Å². The van der Waals surface area contributed by atoms with Crippen LogP contribution in [0.4, 0.5) is 17.1 Å². The Labute approximate surface area is 350 Å². The monoisotopic (exact) mass is 781 g/mol. The molecule has 0 radical (unpaired) electrons. The fourth-order valence-electron chi connectivity index (χ4n) is 6.05. The first-order valence-corrected chi connectivity index (χ1v) is 18.9. The van der Waals surface area contributed by atoms with Crippen LogP contribution in [0.25, 0.3) is 58.3 Å². The number of anilines is 3. The summed E-state index contributed by atoms with van der Waals surface area (Å²) < 4.78 is 0. The summed E-state index contributed by atoms with van der Waals surface area (Å²) in [5, 5.41) is 18.3. The number of hydrogen-bond donors (Lipinski definition) is 2. The van der Waals surface area contributed by atoms with E-state index in [1.54, 1.807) is 24.3 Å². The summed E-state index contributed by atoms with van der Waals surface area (Å²) in [7, 11) is 0. The average Bonchev–Trinajstić information content (AvgIpc) is 3.27. The number of hydrogen-bond acceptors (Lipinski definition) is 3. The molecule has 7 heteroatoms. The third-order valence-corrected chi connectivity index (χ3v) is 9.31. The van der Waals surface area contributed by atoms with Gasteiger partial charge in [0.25, 0.3) is 11.4 Å². The van der Waals surface area contributed by atoms with E-state index in [1.165, 1.54) is 17.7 Å². The Morgan fingerprint density at radius 3 is 0.950 bits per heavy atom. The lowest BCUT2D eigenvalue weighted by Gasteiger charge is -2.26. The van der Waals surface area contributed by atoms with Crippen LogP contribution < -0.4 is 4.90 Å². The number of benzene rings is 6. The zero-order chi connectivity index (χ0) is 42.3. The molecule has 0 amide bonds. The predicted molar refractivity (Wildman–Crippen MR) is 246 cm³/mol. The molecule has 0 aromatic heterocycles. The minimum absolute atomic E-state index is 0.332. The molecule has 6 aromatic carbocycles. The van der Waals surface area contributed by atoms with Crippen molar-refractivity contribution >= 4 is 77.6 Å². The van der Waals surface area contributed by atoms with E-state index in [2.05, 4.69) is 131 Å². The lowest BCUT2D eigenvalue weighted by atomic mass is 10.1. The second-order valence-corrected chi connectivity index (χ2v) is 13.6. The minimum Gasteiger partial charge on any atom is -0.486 e. The first-order valence-electron chi connectivity index (χ1n) is 18.9. The molecule has 60 heavy (non-hydrogen) atoms. The Morgan fingerprint density at radius 2 is 0.667 bits per heavy atom. The summed E-state index contributed by atoms with van der Waals surface area (Å²) >= 11 is 0. The summed E-state index contributed by atoms with van der Waals surface area (Å²) in [5.41, 5.74) is 10.9. The van der Waals surface area contributed by atoms with Gasteiger partial charge in [-0.05, 0) is 100.0 Å². The molecule has 7 nitrogen and oxygen atoms in total. The van der Waals surface area contributed by atoms with E-state index in [-0.39, 0.29) is 11.4 Å². The van der Waals surface area contributed by atoms with Crippen molar-refractivity contribution in [3.8, 4) is 0 Å². The molecule has 0 bridgehead atoms. The standard InChI is InChI=1S/C53H39N3O4/c1-38-8-10-39(11-9-38)6-4-5-7-40-24-30-47(31-25-40)56(48-32-26-43(27-33-48)14-12-41-16-20-45(21-17-41)36-50(54-2)52(57)58)49-34-28-44(29-35-49)15-13-42-18-22-46(23-19-42)37-51(55-3)53(59)60/h4-37H,1H3,(H,57,58)(H,59,60)/b6-4+,7-5+,14-12+,15-13+,50-36-,51-37-. The zero-order valence-corrected chi connectivity index (χ0v) is 32.7. The van der Waals surface area contributed by atoms with Gasteiger partial charge < -0.3 is 15.1 Å². The Morgan fingerprint density at radius 1 is 0.417 bits per heavy atom. The lowest BCUT2D eigenvalue weighted by molar-refractivity contribution is -0.133. The van der Waals surface area contributed by atoms with E-state index in [0.29, 0.717) is 11.1 Å². The molecular formula is C53H39N3O4. The molecule has 290 valence electrons. The number of aliphatic carboxylic acids is 2. The van der Waals surface area contributed by atoms with Gasteiger partial charge >= 0.3 is 11.9 Å². The number of aryl methyl sites for hydroxylation is 1. The zero-order valence-electron chi connectivity index (χ0n) is 32.7. The molecular weight excluding hydrogens is 743 g/mol. The quantitative estimate of drug-likeness (QED) is 0.0497.